The normalized spacial score (nSPS) is 18.6. The lowest BCUT2D eigenvalue weighted by Gasteiger charge is -2.33. The molecule has 1 unspecified atom stereocenters. The molecular formula is C26H23N3O3. The average molecular weight is 425 g/mol. The van der Waals surface area contributed by atoms with Crippen molar-refractivity contribution in [3.8, 4) is 34.6 Å². The zero-order valence-corrected chi connectivity index (χ0v) is 18.1. The van der Waals surface area contributed by atoms with Crippen molar-refractivity contribution in [2.45, 2.75) is 31.9 Å². The number of hydrogen-bond acceptors (Lipinski definition) is 6. The van der Waals surface area contributed by atoms with Crippen molar-refractivity contribution in [3.63, 3.8) is 0 Å². The molecule has 0 aliphatic carbocycles. The number of nitrogens with two attached hydrogens (primary N) is 1. The second-order valence-corrected chi connectivity index (χ2v) is 8.66. The lowest BCUT2D eigenvalue weighted by molar-refractivity contribution is 0.143. The van der Waals surface area contributed by atoms with Crippen LogP contribution in [0.2, 0.25) is 0 Å². The molecular weight excluding hydrogens is 402 g/mol. The third kappa shape index (κ3) is 3.47. The largest absolute Gasteiger partial charge is 0.462 e. The summed E-state index contributed by atoms with van der Waals surface area (Å²) in [5.74, 6) is 6.98. The summed E-state index contributed by atoms with van der Waals surface area (Å²) in [6, 6.07) is 16.0. The Hall–Kier alpha value is -3.82. The molecule has 0 radical (unpaired) electrons. The zero-order valence-electron chi connectivity index (χ0n) is 18.1. The van der Waals surface area contributed by atoms with E-state index in [4.69, 9.17) is 20.2 Å². The van der Waals surface area contributed by atoms with Crippen LogP contribution in [0.25, 0.3) is 11.1 Å². The molecule has 160 valence electrons. The van der Waals surface area contributed by atoms with Gasteiger partial charge in [0.25, 0.3) is 6.02 Å². The molecule has 0 amide bonds. The second-order valence-electron chi connectivity index (χ2n) is 8.66. The van der Waals surface area contributed by atoms with Crippen molar-refractivity contribution in [2.24, 2.45) is 10.7 Å². The molecule has 3 aromatic rings. The van der Waals surface area contributed by atoms with Crippen molar-refractivity contribution in [1.82, 2.24) is 4.98 Å². The monoisotopic (exact) mass is 425 g/mol. The highest BCUT2D eigenvalue weighted by molar-refractivity contribution is 5.77. The minimum atomic E-state index is -1.09. The number of rotatable bonds is 1. The predicted octanol–water partition coefficient (Wildman–Crippen LogP) is 3.87. The molecule has 6 heteroatoms. The van der Waals surface area contributed by atoms with Crippen molar-refractivity contribution in [2.75, 3.05) is 6.61 Å². The Balaban J connectivity index is 1.67. The zero-order chi connectivity index (χ0) is 22.5. The summed E-state index contributed by atoms with van der Waals surface area (Å²) in [7, 11) is 0. The van der Waals surface area contributed by atoms with E-state index in [0.29, 0.717) is 11.6 Å². The van der Waals surface area contributed by atoms with E-state index in [0.717, 1.165) is 27.8 Å². The fraction of sp³-hybridized carbons (Fsp3) is 0.231. The van der Waals surface area contributed by atoms with Gasteiger partial charge in [-0.1, -0.05) is 41.7 Å². The summed E-state index contributed by atoms with van der Waals surface area (Å²) in [6.07, 6.45) is 1.80. The minimum absolute atomic E-state index is 0.123. The minimum Gasteiger partial charge on any atom is -0.462 e. The van der Waals surface area contributed by atoms with Crippen LogP contribution < -0.4 is 10.5 Å². The van der Waals surface area contributed by atoms with Crippen LogP contribution in [-0.2, 0) is 10.3 Å². The molecule has 2 aliphatic rings. The van der Waals surface area contributed by atoms with Crippen molar-refractivity contribution < 1.29 is 14.6 Å². The number of pyridine rings is 1. The third-order valence-corrected chi connectivity index (χ3v) is 5.56. The molecule has 1 aromatic heterocycles. The Labute approximate surface area is 186 Å². The summed E-state index contributed by atoms with van der Waals surface area (Å²) < 4.78 is 11.8. The molecule has 0 saturated carbocycles. The van der Waals surface area contributed by atoms with Crippen LogP contribution in [0.3, 0.4) is 0 Å². The molecule has 0 bridgehead atoms. The van der Waals surface area contributed by atoms with Crippen LogP contribution in [0.4, 0.5) is 0 Å². The number of aromatic nitrogens is 1. The molecule has 3 N–H and O–H groups in total. The number of aliphatic hydroxyl groups is 1. The van der Waals surface area contributed by atoms with E-state index >= 15 is 0 Å². The first-order chi connectivity index (χ1) is 15.2. The highest BCUT2D eigenvalue weighted by atomic mass is 16.5. The SMILES string of the molecule is Cc1ccc(-c2cnc3c(c2)C2(COC(N)=N2)c2cc(C#CC(C)(C)O)ccc2O3)cc1. The van der Waals surface area contributed by atoms with Crippen LogP contribution in [0.1, 0.15) is 36.1 Å². The van der Waals surface area contributed by atoms with E-state index in [9.17, 15) is 5.11 Å². The van der Waals surface area contributed by atoms with E-state index in [1.807, 2.05) is 24.3 Å². The molecule has 1 atom stereocenters. The second kappa shape index (κ2) is 7.11. The Morgan fingerprint density at radius 2 is 1.84 bits per heavy atom. The van der Waals surface area contributed by atoms with E-state index < -0.39 is 11.1 Å². The Morgan fingerprint density at radius 1 is 1.06 bits per heavy atom. The standard InChI is InChI=1S/C26H23N3O3/c1-16-4-7-18(8-5-16)19-13-21-23(28-14-19)32-22-9-6-17(10-11-25(2,3)30)12-20(22)26(21)15-31-24(27)29-26/h4-9,12-14,30H,15H2,1-3H3,(H2,27,29). The lowest BCUT2D eigenvalue weighted by Crippen LogP contribution is -2.31. The fourth-order valence-corrected chi connectivity index (χ4v) is 3.94. The van der Waals surface area contributed by atoms with E-state index in [1.54, 1.807) is 20.0 Å². The van der Waals surface area contributed by atoms with Crippen LogP contribution in [-0.4, -0.2) is 28.3 Å². The van der Waals surface area contributed by atoms with Gasteiger partial charge in [-0.15, -0.1) is 0 Å². The molecule has 1 spiro atoms. The van der Waals surface area contributed by atoms with E-state index in [2.05, 4.69) is 48.0 Å². The van der Waals surface area contributed by atoms with Crippen molar-refractivity contribution in [1.29, 1.82) is 0 Å². The number of aryl methyl sites for hydroxylation is 1. The first-order valence-electron chi connectivity index (χ1n) is 10.4. The Kier molecular flexibility index (Phi) is 4.47. The summed E-state index contributed by atoms with van der Waals surface area (Å²) in [4.78, 5) is 9.32. The molecule has 3 heterocycles. The highest BCUT2D eigenvalue weighted by Gasteiger charge is 2.47. The third-order valence-electron chi connectivity index (χ3n) is 5.56. The number of ether oxygens (including phenoxy) is 2. The first-order valence-corrected chi connectivity index (χ1v) is 10.4. The smallest absolute Gasteiger partial charge is 0.283 e. The van der Waals surface area contributed by atoms with Crippen molar-refractivity contribution >= 4 is 6.02 Å². The van der Waals surface area contributed by atoms with Crippen molar-refractivity contribution in [3.05, 3.63) is 77.0 Å². The van der Waals surface area contributed by atoms with Crippen LogP contribution in [0, 0.1) is 18.8 Å². The van der Waals surface area contributed by atoms with Gasteiger partial charge in [-0.2, -0.15) is 0 Å². The maximum absolute atomic E-state index is 9.98. The van der Waals surface area contributed by atoms with E-state index in [-0.39, 0.29) is 12.6 Å². The number of aliphatic imine (C=N–C) groups is 1. The Bertz CT molecular complexity index is 1310. The highest BCUT2D eigenvalue weighted by Crippen LogP contribution is 2.50. The molecule has 2 aliphatic heterocycles. The summed E-state index contributed by atoms with van der Waals surface area (Å²) in [5.41, 5.74) is 9.52. The lowest BCUT2D eigenvalue weighted by atomic mass is 9.81. The maximum atomic E-state index is 9.98. The van der Waals surface area contributed by atoms with Gasteiger partial charge in [0.1, 0.15) is 18.0 Å². The topological polar surface area (TPSA) is 90.0 Å². The number of amidine groups is 1. The van der Waals surface area contributed by atoms with Crippen LogP contribution in [0.5, 0.6) is 11.6 Å². The van der Waals surface area contributed by atoms with Gasteiger partial charge in [-0.05, 0) is 50.6 Å². The van der Waals surface area contributed by atoms with Gasteiger partial charge in [-0.25, -0.2) is 9.98 Å². The van der Waals surface area contributed by atoms with Gasteiger partial charge in [0.15, 0.2) is 5.54 Å². The molecule has 6 nitrogen and oxygen atoms in total. The molecule has 0 saturated heterocycles. The van der Waals surface area contributed by atoms with Gasteiger partial charge in [-0.3, -0.25) is 0 Å². The maximum Gasteiger partial charge on any atom is 0.283 e. The Morgan fingerprint density at radius 3 is 2.53 bits per heavy atom. The number of benzene rings is 2. The van der Waals surface area contributed by atoms with Gasteiger partial charge in [0.2, 0.25) is 5.88 Å². The first kappa shape index (κ1) is 20.1. The van der Waals surface area contributed by atoms with Gasteiger partial charge >= 0.3 is 0 Å². The van der Waals surface area contributed by atoms with Crippen LogP contribution in [0.15, 0.2) is 59.7 Å². The van der Waals surface area contributed by atoms with Gasteiger partial charge < -0.3 is 20.3 Å². The summed E-state index contributed by atoms with van der Waals surface area (Å²) in [6.45, 7) is 5.59. The number of nitrogens with zero attached hydrogens (tertiary/aromatic N) is 2. The molecule has 0 fully saturated rings. The molecule has 5 rings (SSSR count). The average Bonchev–Trinajstić information content (AvgIpc) is 3.15. The number of hydrogen-bond donors (Lipinski definition) is 2. The summed E-state index contributed by atoms with van der Waals surface area (Å²) in [5, 5.41) is 9.98. The fourth-order valence-electron chi connectivity index (χ4n) is 3.94. The van der Waals surface area contributed by atoms with Gasteiger partial charge in [0.05, 0.1) is 5.56 Å². The summed E-state index contributed by atoms with van der Waals surface area (Å²) >= 11 is 0. The quantitative estimate of drug-likeness (QED) is 0.578. The number of fused-ring (bicyclic) bond motifs is 4. The van der Waals surface area contributed by atoms with Crippen LogP contribution >= 0.6 is 0 Å². The predicted molar refractivity (Wildman–Crippen MR) is 122 cm³/mol. The van der Waals surface area contributed by atoms with Gasteiger partial charge in [0, 0.05) is 22.9 Å². The van der Waals surface area contributed by atoms with E-state index in [1.165, 1.54) is 5.56 Å². The molecule has 2 aromatic carbocycles. The molecule has 32 heavy (non-hydrogen) atoms.